The van der Waals surface area contributed by atoms with E-state index in [2.05, 4.69) is 0 Å². The van der Waals surface area contributed by atoms with E-state index < -0.39 is 9.84 Å². The number of rotatable bonds is 5. The first-order valence-electron chi connectivity index (χ1n) is 6.68. The van der Waals surface area contributed by atoms with Gasteiger partial charge in [0.25, 0.3) is 0 Å². The van der Waals surface area contributed by atoms with E-state index in [9.17, 15) is 8.42 Å². The molecule has 0 aliphatic heterocycles. The number of sulfone groups is 1. The SMILES string of the molecule is Cc1cc(CCN)ccc1Oc1cccc(S(C)(=O)=O)c1. The van der Waals surface area contributed by atoms with Crippen LogP contribution in [0.3, 0.4) is 0 Å². The molecule has 5 heteroatoms. The molecule has 0 radical (unpaired) electrons. The van der Waals surface area contributed by atoms with Crippen molar-refractivity contribution in [2.45, 2.75) is 18.2 Å². The van der Waals surface area contributed by atoms with Crippen molar-refractivity contribution in [1.29, 1.82) is 0 Å². The Hall–Kier alpha value is -1.85. The van der Waals surface area contributed by atoms with Crippen LogP contribution in [0.15, 0.2) is 47.4 Å². The monoisotopic (exact) mass is 305 g/mol. The van der Waals surface area contributed by atoms with Gasteiger partial charge in [0.05, 0.1) is 4.90 Å². The first-order chi connectivity index (χ1) is 9.90. The van der Waals surface area contributed by atoms with Crippen LogP contribution in [-0.2, 0) is 16.3 Å². The molecule has 2 aromatic rings. The fraction of sp³-hybridized carbons (Fsp3) is 0.250. The molecule has 2 aromatic carbocycles. The van der Waals surface area contributed by atoms with Crippen LogP contribution in [0.4, 0.5) is 0 Å². The third-order valence-corrected chi connectivity index (χ3v) is 4.24. The molecule has 0 aromatic heterocycles. The van der Waals surface area contributed by atoms with Gasteiger partial charge in [-0.2, -0.15) is 0 Å². The van der Waals surface area contributed by atoms with Gasteiger partial charge in [-0.05, 0) is 55.3 Å². The molecule has 0 atom stereocenters. The Balaban J connectivity index is 2.26. The van der Waals surface area contributed by atoms with Gasteiger partial charge in [0.1, 0.15) is 11.5 Å². The summed E-state index contributed by atoms with van der Waals surface area (Å²) in [4.78, 5) is 0.248. The summed E-state index contributed by atoms with van der Waals surface area (Å²) < 4.78 is 28.9. The van der Waals surface area contributed by atoms with E-state index in [1.54, 1.807) is 18.2 Å². The van der Waals surface area contributed by atoms with Gasteiger partial charge in [-0.3, -0.25) is 0 Å². The van der Waals surface area contributed by atoms with Crippen LogP contribution in [0.25, 0.3) is 0 Å². The molecule has 21 heavy (non-hydrogen) atoms. The third-order valence-electron chi connectivity index (χ3n) is 3.13. The van der Waals surface area contributed by atoms with E-state index in [0.29, 0.717) is 18.0 Å². The van der Waals surface area contributed by atoms with Crippen molar-refractivity contribution < 1.29 is 13.2 Å². The minimum absolute atomic E-state index is 0.248. The summed E-state index contributed by atoms with van der Waals surface area (Å²) in [5, 5.41) is 0. The second-order valence-corrected chi connectivity index (χ2v) is 7.00. The fourth-order valence-electron chi connectivity index (χ4n) is 2.04. The smallest absolute Gasteiger partial charge is 0.175 e. The van der Waals surface area contributed by atoms with Crippen molar-refractivity contribution in [3.05, 3.63) is 53.6 Å². The van der Waals surface area contributed by atoms with Crippen LogP contribution in [0.5, 0.6) is 11.5 Å². The molecular weight excluding hydrogens is 286 g/mol. The number of hydrogen-bond donors (Lipinski definition) is 1. The summed E-state index contributed by atoms with van der Waals surface area (Å²) in [6.45, 7) is 2.56. The van der Waals surface area contributed by atoms with Crippen LogP contribution in [0.1, 0.15) is 11.1 Å². The van der Waals surface area contributed by atoms with Gasteiger partial charge in [-0.25, -0.2) is 8.42 Å². The van der Waals surface area contributed by atoms with Crippen molar-refractivity contribution in [1.82, 2.24) is 0 Å². The quantitative estimate of drug-likeness (QED) is 0.922. The van der Waals surface area contributed by atoms with Gasteiger partial charge in [0.2, 0.25) is 0 Å². The van der Waals surface area contributed by atoms with E-state index in [1.807, 2.05) is 25.1 Å². The highest BCUT2D eigenvalue weighted by molar-refractivity contribution is 7.90. The van der Waals surface area contributed by atoms with Crippen molar-refractivity contribution in [2.75, 3.05) is 12.8 Å². The highest BCUT2D eigenvalue weighted by atomic mass is 32.2. The number of benzene rings is 2. The molecule has 2 N–H and O–H groups in total. The zero-order valence-electron chi connectivity index (χ0n) is 12.2. The maximum atomic E-state index is 11.6. The predicted molar refractivity (Wildman–Crippen MR) is 83.6 cm³/mol. The average Bonchev–Trinajstić information content (AvgIpc) is 2.42. The minimum Gasteiger partial charge on any atom is -0.457 e. The Labute approximate surface area is 125 Å². The zero-order chi connectivity index (χ0) is 15.5. The second-order valence-electron chi connectivity index (χ2n) is 4.99. The molecule has 0 aliphatic carbocycles. The highest BCUT2D eigenvalue weighted by Gasteiger charge is 2.09. The molecule has 0 saturated heterocycles. The Kier molecular flexibility index (Phi) is 4.65. The van der Waals surface area contributed by atoms with E-state index in [1.165, 1.54) is 12.3 Å². The maximum Gasteiger partial charge on any atom is 0.175 e. The summed E-state index contributed by atoms with van der Waals surface area (Å²) in [6, 6.07) is 12.4. The number of ether oxygens (including phenoxy) is 1. The van der Waals surface area contributed by atoms with Gasteiger partial charge in [0.15, 0.2) is 9.84 Å². The summed E-state index contributed by atoms with van der Waals surface area (Å²) in [6.07, 6.45) is 2.00. The zero-order valence-corrected chi connectivity index (χ0v) is 13.0. The van der Waals surface area contributed by atoms with Crippen molar-refractivity contribution in [3.63, 3.8) is 0 Å². The van der Waals surface area contributed by atoms with Crippen LogP contribution >= 0.6 is 0 Å². The van der Waals surface area contributed by atoms with Crippen LogP contribution in [0, 0.1) is 6.92 Å². The predicted octanol–water partition coefficient (Wildman–Crippen LogP) is 2.69. The number of hydrogen-bond acceptors (Lipinski definition) is 4. The normalized spacial score (nSPS) is 11.4. The van der Waals surface area contributed by atoms with Crippen LogP contribution in [0.2, 0.25) is 0 Å². The van der Waals surface area contributed by atoms with Gasteiger partial charge in [-0.15, -0.1) is 0 Å². The molecule has 0 heterocycles. The molecule has 0 fully saturated rings. The Morgan fingerprint density at radius 1 is 1.14 bits per heavy atom. The van der Waals surface area contributed by atoms with Gasteiger partial charge < -0.3 is 10.5 Å². The lowest BCUT2D eigenvalue weighted by atomic mass is 10.1. The molecule has 0 saturated carbocycles. The van der Waals surface area contributed by atoms with Gasteiger partial charge in [0, 0.05) is 6.26 Å². The van der Waals surface area contributed by atoms with Gasteiger partial charge in [-0.1, -0.05) is 18.2 Å². The summed E-state index contributed by atoms with van der Waals surface area (Å²) in [5.41, 5.74) is 7.69. The first kappa shape index (κ1) is 15.5. The van der Waals surface area contributed by atoms with E-state index in [0.717, 1.165) is 17.5 Å². The van der Waals surface area contributed by atoms with Crippen LogP contribution in [-0.4, -0.2) is 21.2 Å². The van der Waals surface area contributed by atoms with E-state index in [4.69, 9.17) is 10.5 Å². The van der Waals surface area contributed by atoms with E-state index >= 15 is 0 Å². The minimum atomic E-state index is -3.24. The topological polar surface area (TPSA) is 69.4 Å². The largest absolute Gasteiger partial charge is 0.457 e. The number of nitrogens with two attached hydrogens (primary N) is 1. The highest BCUT2D eigenvalue weighted by Crippen LogP contribution is 2.27. The lowest BCUT2D eigenvalue weighted by Gasteiger charge is -2.11. The Bertz CT molecular complexity index is 739. The molecule has 0 spiro atoms. The molecule has 0 aliphatic rings. The van der Waals surface area contributed by atoms with Crippen LogP contribution < -0.4 is 10.5 Å². The molecule has 0 bridgehead atoms. The summed E-state index contributed by atoms with van der Waals surface area (Å²) in [7, 11) is -3.24. The first-order valence-corrected chi connectivity index (χ1v) is 8.57. The van der Waals surface area contributed by atoms with Gasteiger partial charge >= 0.3 is 0 Å². The molecule has 0 unspecified atom stereocenters. The Morgan fingerprint density at radius 3 is 2.52 bits per heavy atom. The second kappa shape index (κ2) is 6.28. The molecule has 0 amide bonds. The average molecular weight is 305 g/mol. The fourth-order valence-corrected chi connectivity index (χ4v) is 2.70. The lowest BCUT2D eigenvalue weighted by molar-refractivity contribution is 0.477. The third kappa shape index (κ3) is 4.06. The van der Waals surface area contributed by atoms with Crippen molar-refractivity contribution in [2.24, 2.45) is 5.73 Å². The Morgan fingerprint density at radius 2 is 1.90 bits per heavy atom. The van der Waals surface area contributed by atoms with E-state index in [-0.39, 0.29) is 4.90 Å². The molecule has 2 rings (SSSR count). The number of aryl methyl sites for hydroxylation is 1. The molecular formula is C16H19NO3S. The van der Waals surface area contributed by atoms with Crippen molar-refractivity contribution in [3.8, 4) is 11.5 Å². The lowest BCUT2D eigenvalue weighted by Crippen LogP contribution is -2.03. The van der Waals surface area contributed by atoms with Crippen molar-refractivity contribution >= 4 is 9.84 Å². The molecule has 4 nitrogen and oxygen atoms in total. The maximum absolute atomic E-state index is 11.6. The summed E-state index contributed by atoms with van der Waals surface area (Å²) in [5.74, 6) is 1.22. The standard InChI is InChI=1S/C16H19NO3S/c1-12-10-13(8-9-17)6-7-16(12)20-14-4-3-5-15(11-14)21(2,18)19/h3-7,10-11H,8-9,17H2,1-2H3. The summed E-state index contributed by atoms with van der Waals surface area (Å²) >= 11 is 0. The molecule has 112 valence electrons.